The van der Waals surface area contributed by atoms with Gasteiger partial charge in [0.25, 0.3) is 11.8 Å². The monoisotopic (exact) mass is 539 g/mol. The number of aryl methyl sites for hydroxylation is 1. The molecule has 0 aliphatic carbocycles. The molecule has 5 rings (SSSR count). The van der Waals surface area contributed by atoms with Gasteiger partial charge in [0.2, 0.25) is 0 Å². The minimum absolute atomic E-state index is 0.0219. The Balaban J connectivity index is 1.48. The van der Waals surface area contributed by atoms with Crippen molar-refractivity contribution in [2.24, 2.45) is 7.05 Å². The standard InChI is InChI=1S/C25H20F3N7O4/c1-34-21(24(37)29-11-16-4-3-9-39-16)19(13-30-34)33-23(36)17-12-31-35-20(25(26,27)28)10-18(32-22(17)35)14-5-7-15(38-2)8-6-14/h3-10,12-13H,11H2,1-2H3,(H,29,37)(H,33,36). The summed E-state index contributed by atoms with van der Waals surface area (Å²) in [5, 5.41) is 13.0. The van der Waals surface area contributed by atoms with Gasteiger partial charge >= 0.3 is 6.18 Å². The van der Waals surface area contributed by atoms with Crippen molar-refractivity contribution in [1.29, 1.82) is 0 Å². The summed E-state index contributed by atoms with van der Waals surface area (Å²) in [5.74, 6) is -0.353. The first-order valence-electron chi connectivity index (χ1n) is 11.4. The molecule has 0 spiro atoms. The molecule has 2 amide bonds. The number of fused-ring (bicyclic) bond motifs is 1. The average molecular weight is 539 g/mol. The molecule has 0 unspecified atom stereocenters. The Kier molecular flexibility index (Phi) is 6.52. The number of amides is 2. The number of nitrogens with one attached hydrogen (secondary N) is 2. The van der Waals surface area contributed by atoms with Crippen LogP contribution in [0.2, 0.25) is 0 Å². The molecule has 0 aliphatic heterocycles. The SMILES string of the molecule is COc1ccc(-c2cc(C(F)(F)F)n3ncc(C(=O)Nc4cnn(C)c4C(=O)NCc4ccco4)c3n2)cc1. The fourth-order valence-electron chi connectivity index (χ4n) is 3.89. The molecule has 0 radical (unpaired) electrons. The van der Waals surface area contributed by atoms with Gasteiger partial charge in [-0.15, -0.1) is 0 Å². The summed E-state index contributed by atoms with van der Waals surface area (Å²) in [6.07, 6.45) is -1.09. The number of methoxy groups -OCH3 is 1. The summed E-state index contributed by atoms with van der Waals surface area (Å²) in [6.45, 7) is 0.0940. The van der Waals surface area contributed by atoms with Crippen LogP contribution < -0.4 is 15.4 Å². The zero-order chi connectivity index (χ0) is 27.7. The lowest BCUT2D eigenvalue weighted by atomic mass is 10.1. The topological polar surface area (TPSA) is 129 Å². The number of rotatable bonds is 7. The molecule has 5 aromatic rings. The smallest absolute Gasteiger partial charge is 0.433 e. The van der Waals surface area contributed by atoms with E-state index in [0.717, 1.165) is 12.3 Å². The Bertz CT molecular complexity index is 1660. The highest BCUT2D eigenvalue weighted by molar-refractivity contribution is 6.11. The molecule has 0 atom stereocenters. The highest BCUT2D eigenvalue weighted by Crippen LogP contribution is 2.33. The van der Waals surface area contributed by atoms with Crippen LogP contribution in [-0.4, -0.2) is 43.3 Å². The van der Waals surface area contributed by atoms with Gasteiger partial charge in [-0.05, 0) is 42.5 Å². The van der Waals surface area contributed by atoms with E-state index in [9.17, 15) is 22.8 Å². The second kappa shape index (κ2) is 9.96. The van der Waals surface area contributed by atoms with Crippen molar-refractivity contribution in [3.8, 4) is 17.0 Å². The number of carbonyl (C=O) groups excluding carboxylic acids is 2. The van der Waals surface area contributed by atoms with Crippen LogP contribution in [0.4, 0.5) is 18.9 Å². The molecule has 11 nitrogen and oxygen atoms in total. The Morgan fingerprint density at radius 2 is 1.85 bits per heavy atom. The number of carbonyl (C=O) groups is 2. The Morgan fingerprint density at radius 1 is 1.08 bits per heavy atom. The lowest BCUT2D eigenvalue weighted by Gasteiger charge is -2.12. The fraction of sp³-hybridized carbons (Fsp3) is 0.160. The number of furan rings is 1. The van der Waals surface area contributed by atoms with Crippen molar-refractivity contribution in [3.63, 3.8) is 0 Å². The van der Waals surface area contributed by atoms with E-state index >= 15 is 0 Å². The van der Waals surface area contributed by atoms with Gasteiger partial charge in [0.15, 0.2) is 11.3 Å². The van der Waals surface area contributed by atoms with Gasteiger partial charge in [-0.1, -0.05) is 0 Å². The molecular formula is C25H20F3N7O4. The second-order valence-corrected chi connectivity index (χ2v) is 8.29. The molecule has 0 fully saturated rings. The normalized spacial score (nSPS) is 11.5. The molecule has 4 aromatic heterocycles. The summed E-state index contributed by atoms with van der Waals surface area (Å²) >= 11 is 0. The number of hydrogen-bond acceptors (Lipinski definition) is 7. The molecule has 14 heteroatoms. The van der Waals surface area contributed by atoms with Crippen LogP contribution in [0.25, 0.3) is 16.9 Å². The van der Waals surface area contributed by atoms with Gasteiger partial charge < -0.3 is 19.8 Å². The van der Waals surface area contributed by atoms with Crippen LogP contribution in [0.5, 0.6) is 5.75 Å². The lowest BCUT2D eigenvalue weighted by Crippen LogP contribution is -2.26. The number of nitrogens with zero attached hydrogens (tertiary/aromatic N) is 5. The van der Waals surface area contributed by atoms with Crippen molar-refractivity contribution in [1.82, 2.24) is 29.7 Å². The van der Waals surface area contributed by atoms with Crippen molar-refractivity contribution in [2.75, 3.05) is 12.4 Å². The van der Waals surface area contributed by atoms with Crippen LogP contribution in [0.1, 0.15) is 32.3 Å². The van der Waals surface area contributed by atoms with Crippen LogP contribution >= 0.6 is 0 Å². The third-order valence-electron chi connectivity index (χ3n) is 5.80. The summed E-state index contributed by atoms with van der Waals surface area (Å²) in [7, 11) is 2.97. The summed E-state index contributed by atoms with van der Waals surface area (Å²) in [4.78, 5) is 30.3. The highest BCUT2D eigenvalue weighted by atomic mass is 19.4. The molecular weight excluding hydrogens is 519 g/mol. The number of halogens is 3. The van der Waals surface area contributed by atoms with E-state index in [1.165, 1.54) is 31.3 Å². The van der Waals surface area contributed by atoms with Crippen molar-refractivity contribution in [3.05, 3.63) is 83.8 Å². The first-order valence-corrected chi connectivity index (χ1v) is 11.4. The zero-order valence-corrected chi connectivity index (χ0v) is 20.5. The minimum Gasteiger partial charge on any atom is -0.497 e. The number of benzene rings is 1. The number of anilines is 1. The van der Waals surface area contributed by atoms with E-state index in [1.807, 2.05) is 0 Å². The quantitative estimate of drug-likeness (QED) is 0.321. The van der Waals surface area contributed by atoms with Gasteiger partial charge in [0.1, 0.15) is 22.8 Å². The van der Waals surface area contributed by atoms with Gasteiger partial charge in [0, 0.05) is 12.6 Å². The van der Waals surface area contributed by atoms with Crippen molar-refractivity contribution in [2.45, 2.75) is 12.7 Å². The molecule has 200 valence electrons. The lowest BCUT2D eigenvalue weighted by molar-refractivity contribution is -0.142. The number of alkyl halides is 3. The largest absolute Gasteiger partial charge is 0.497 e. The predicted molar refractivity (Wildman–Crippen MR) is 131 cm³/mol. The van der Waals surface area contributed by atoms with Crippen LogP contribution in [0.15, 0.2) is 65.5 Å². The van der Waals surface area contributed by atoms with E-state index in [0.29, 0.717) is 21.6 Å². The van der Waals surface area contributed by atoms with Gasteiger partial charge in [-0.25, -0.2) is 9.50 Å². The molecule has 0 saturated heterocycles. The molecule has 0 bridgehead atoms. The van der Waals surface area contributed by atoms with E-state index in [-0.39, 0.29) is 34.8 Å². The summed E-state index contributed by atoms with van der Waals surface area (Å²) < 4.78 is 53.9. The fourth-order valence-corrected chi connectivity index (χ4v) is 3.89. The third-order valence-corrected chi connectivity index (χ3v) is 5.80. The Morgan fingerprint density at radius 3 is 2.51 bits per heavy atom. The Labute approximate surface area is 218 Å². The highest BCUT2D eigenvalue weighted by Gasteiger charge is 2.36. The van der Waals surface area contributed by atoms with E-state index in [4.69, 9.17) is 9.15 Å². The van der Waals surface area contributed by atoms with Gasteiger partial charge in [-0.2, -0.15) is 23.4 Å². The van der Waals surface area contributed by atoms with E-state index < -0.39 is 23.7 Å². The molecule has 0 aliphatic rings. The van der Waals surface area contributed by atoms with E-state index in [1.54, 1.807) is 36.4 Å². The van der Waals surface area contributed by atoms with Crippen LogP contribution in [0.3, 0.4) is 0 Å². The Hall–Kier alpha value is -5.14. The molecule has 2 N–H and O–H groups in total. The molecule has 4 heterocycles. The van der Waals surface area contributed by atoms with Crippen molar-refractivity contribution < 1.29 is 31.9 Å². The average Bonchev–Trinajstić information content (AvgIpc) is 3.66. The first-order chi connectivity index (χ1) is 18.7. The number of hydrogen-bond donors (Lipinski definition) is 2. The maximum Gasteiger partial charge on any atom is 0.433 e. The van der Waals surface area contributed by atoms with E-state index in [2.05, 4.69) is 25.8 Å². The third kappa shape index (κ3) is 5.03. The molecule has 0 saturated carbocycles. The molecule has 39 heavy (non-hydrogen) atoms. The van der Waals surface area contributed by atoms with Crippen LogP contribution in [0, 0.1) is 0 Å². The predicted octanol–water partition coefficient (Wildman–Crippen LogP) is 3.93. The van der Waals surface area contributed by atoms with Crippen molar-refractivity contribution >= 4 is 23.1 Å². The first kappa shape index (κ1) is 25.5. The summed E-state index contributed by atoms with van der Waals surface area (Å²) in [5.41, 5.74) is -1.25. The summed E-state index contributed by atoms with van der Waals surface area (Å²) in [6, 6.07) is 10.5. The van der Waals surface area contributed by atoms with Crippen LogP contribution in [-0.2, 0) is 19.8 Å². The number of ether oxygens (including phenoxy) is 1. The van der Waals surface area contributed by atoms with Gasteiger partial charge in [-0.3, -0.25) is 14.3 Å². The number of aromatic nitrogens is 5. The zero-order valence-electron chi connectivity index (χ0n) is 20.5. The second-order valence-electron chi connectivity index (χ2n) is 8.29. The minimum atomic E-state index is -4.79. The maximum absolute atomic E-state index is 13.9. The molecule has 1 aromatic carbocycles. The maximum atomic E-state index is 13.9. The van der Waals surface area contributed by atoms with Gasteiger partial charge in [0.05, 0.1) is 43.7 Å².